The second-order valence-corrected chi connectivity index (χ2v) is 9.59. The zero-order chi connectivity index (χ0) is 22.1. The van der Waals surface area contributed by atoms with Gasteiger partial charge in [-0.25, -0.2) is 4.21 Å². The molecule has 32 heavy (non-hydrogen) atoms. The third-order valence-corrected chi connectivity index (χ3v) is 7.59. The normalized spacial score (nSPS) is 18.0. The van der Waals surface area contributed by atoms with Crippen LogP contribution in [0, 0.1) is 0 Å². The first-order valence-corrected chi connectivity index (χ1v) is 12.1. The molecule has 0 bridgehead atoms. The van der Waals surface area contributed by atoms with E-state index >= 15 is 0 Å². The number of carbonyl (C=O) groups is 2. The third kappa shape index (κ3) is 3.75. The minimum Gasteiger partial charge on any atom is -0.339 e. The molecule has 2 heterocycles. The topological polar surface area (TPSA) is 57.7 Å². The molecule has 6 heteroatoms. The van der Waals surface area contributed by atoms with Crippen LogP contribution in [0.4, 0.5) is 5.69 Å². The molecule has 1 fully saturated rings. The fourth-order valence-electron chi connectivity index (χ4n) is 4.40. The van der Waals surface area contributed by atoms with Crippen molar-refractivity contribution >= 4 is 28.3 Å². The van der Waals surface area contributed by atoms with Crippen LogP contribution in [-0.4, -0.2) is 34.0 Å². The Balaban J connectivity index is 1.62. The Kier molecular flexibility index (Phi) is 5.62. The van der Waals surface area contributed by atoms with E-state index in [9.17, 15) is 13.8 Å². The number of anilines is 1. The SMILES string of the molecule is O=C(c1ccc2c(c1)N(Cc1ccccc1)C(=O)c1ccccc1[S@@]2=O)N1CCCCC1. The van der Waals surface area contributed by atoms with Crippen LogP contribution >= 0.6 is 0 Å². The molecular weight excluding hydrogens is 420 g/mol. The summed E-state index contributed by atoms with van der Waals surface area (Å²) in [6.07, 6.45) is 3.16. The zero-order valence-electron chi connectivity index (χ0n) is 17.7. The van der Waals surface area contributed by atoms with Gasteiger partial charge in [-0.05, 0) is 55.2 Å². The van der Waals surface area contributed by atoms with Crippen molar-refractivity contribution < 1.29 is 13.8 Å². The van der Waals surface area contributed by atoms with Crippen molar-refractivity contribution in [3.05, 3.63) is 89.5 Å². The van der Waals surface area contributed by atoms with Crippen LogP contribution in [-0.2, 0) is 17.3 Å². The highest BCUT2D eigenvalue weighted by Gasteiger charge is 2.32. The van der Waals surface area contributed by atoms with Crippen molar-refractivity contribution in [3.63, 3.8) is 0 Å². The Labute approximate surface area is 190 Å². The highest BCUT2D eigenvalue weighted by Crippen LogP contribution is 2.36. The molecule has 0 N–H and O–H groups in total. The molecule has 162 valence electrons. The molecule has 0 spiro atoms. The molecule has 1 atom stereocenters. The second kappa shape index (κ2) is 8.71. The van der Waals surface area contributed by atoms with E-state index in [0.29, 0.717) is 33.2 Å². The molecule has 1 saturated heterocycles. The number of fused-ring (bicyclic) bond motifs is 2. The van der Waals surface area contributed by atoms with Gasteiger partial charge < -0.3 is 9.80 Å². The van der Waals surface area contributed by atoms with Crippen molar-refractivity contribution in [1.82, 2.24) is 4.90 Å². The Morgan fingerprint density at radius 1 is 0.844 bits per heavy atom. The minimum atomic E-state index is -1.52. The summed E-state index contributed by atoms with van der Waals surface area (Å²) in [6.45, 7) is 1.83. The molecule has 5 nitrogen and oxygen atoms in total. The van der Waals surface area contributed by atoms with Crippen molar-refractivity contribution in [3.8, 4) is 0 Å². The number of nitrogens with zero attached hydrogens (tertiary/aromatic N) is 2. The lowest BCUT2D eigenvalue weighted by molar-refractivity contribution is 0.0724. The fraction of sp³-hybridized carbons (Fsp3) is 0.231. The number of piperidine rings is 1. The second-order valence-electron chi connectivity index (χ2n) is 8.18. The van der Waals surface area contributed by atoms with E-state index in [4.69, 9.17) is 0 Å². The van der Waals surface area contributed by atoms with E-state index in [1.807, 2.05) is 35.2 Å². The average molecular weight is 445 g/mol. The molecule has 2 aliphatic rings. The molecule has 0 radical (unpaired) electrons. The Bertz CT molecular complexity index is 1200. The van der Waals surface area contributed by atoms with Gasteiger partial charge in [0.25, 0.3) is 11.8 Å². The highest BCUT2D eigenvalue weighted by molar-refractivity contribution is 7.85. The molecule has 3 aromatic rings. The van der Waals surface area contributed by atoms with Crippen LogP contribution in [0.15, 0.2) is 82.6 Å². The summed E-state index contributed by atoms with van der Waals surface area (Å²) < 4.78 is 13.5. The van der Waals surface area contributed by atoms with Gasteiger partial charge in [-0.15, -0.1) is 0 Å². The number of benzene rings is 3. The number of hydrogen-bond donors (Lipinski definition) is 0. The Morgan fingerprint density at radius 2 is 1.56 bits per heavy atom. The van der Waals surface area contributed by atoms with E-state index in [1.165, 1.54) is 0 Å². The lowest BCUT2D eigenvalue weighted by Gasteiger charge is -2.28. The predicted octanol–water partition coefficient (Wildman–Crippen LogP) is 4.64. The first-order valence-electron chi connectivity index (χ1n) is 10.9. The maximum absolute atomic E-state index is 13.6. The predicted molar refractivity (Wildman–Crippen MR) is 124 cm³/mol. The smallest absolute Gasteiger partial charge is 0.259 e. The summed E-state index contributed by atoms with van der Waals surface area (Å²) in [5.74, 6) is -0.244. The van der Waals surface area contributed by atoms with Crippen molar-refractivity contribution in [2.75, 3.05) is 18.0 Å². The molecular formula is C26H24N2O3S. The van der Waals surface area contributed by atoms with Gasteiger partial charge in [0.05, 0.1) is 38.4 Å². The summed E-state index contributed by atoms with van der Waals surface area (Å²) in [5, 5.41) is 0. The molecule has 0 unspecified atom stereocenters. The van der Waals surface area contributed by atoms with Gasteiger partial charge in [0, 0.05) is 18.7 Å². The Hall–Kier alpha value is -3.25. The van der Waals surface area contributed by atoms with Crippen LogP contribution in [0.5, 0.6) is 0 Å². The first-order chi connectivity index (χ1) is 15.6. The van der Waals surface area contributed by atoms with Crippen LogP contribution < -0.4 is 4.90 Å². The van der Waals surface area contributed by atoms with E-state index in [2.05, 4.69) is 0 Å². The number of rotatable bonds is 3. The van der Waals surface area contributed by atoms with Gasteiger partial charge >= 0.3 is 0 Å². The quantitative estimate of drug-likeness (QED) is 0.591. The molecule has 3 aromatic carbocycles. The van der Waals surface area contributed by atoms with Crippen molar-refractivity contribution in [2.24, 2.45) is 0 Å². The van der Waals surface area contributed by atoms with E-state index < -0.39 is 10.8 Å². The van der Waals surface area contributed by atoms with Crippen LogP contribution in [0.2, 0.25) is 0 Å². The van der Waals surface area contributed by atoms with Gasteiger partial charge in [-0.3, -0.25) is 9.59 Å². The summed E-state index contributed by atoms with van der Waals surface area (Å²) in [4.78, 5) is 31.4. The van der Waals surface area contributed by atoms with Gasteiger partial charge in [-0.1, -0.05) is 42.5 Å². The van der Waals surface area contributed by atoms with Crippen LogP contribution in [0.3, 0.4) is 0 Å². The first kappa shape index (κ1) is 20.6. The fourth-order valence-corrected chi connectivity index (χ4v) is 5.74. The molecule has 0 aromatic heterocycles. The van der Waals surface area contributed by atoms with Crippen molar-refractivity contribution in [1.29, 1.82) is 0 Å². The standard InChI is InChI=1S/C26H24N2O3S/c29-25(27-15-7-2-8-16-27)20-13-14-24-22(17-20)28(18-19-9-3-1-4-10-19)26(30)21-11-5-6-12-23(21)32(24)31/h1,3-6,9-14,17H,2,7-8,15-16,18H2/t32-/m0/s1. The van der Waals surface area contributed by atoms with Crippen molar-refractivity contribution in [2.45, 2.75) is 35.6 Å². The molecule has 2 amide bonds. The lowest BCUT2D eigenvalue weighted by atomic mass is 10.1. The summed E-state index contributed by atoms with van der Waals surface area (Å²) in [6, 6.07) is 22.0. The molecule has 0 aliphatic carbocycles. The third-order valence-electron chi connectivity index (χ3n) is 6.09. The molecule has 2 aliphatic heterocycles. The average Bonchev–Trinajstić information content (AvgIpc) is 2.94. The molecule has 5 rings (SSSR count). The van der Waals surface area contributed by atoms with Gasteiger partial charge in [0.15, 0.2) is 0 Å². The minimum absolute atomic E-state index is 0.0350. The number of hydrogen-bond acceptors (Lipinski definition) is 3. The lowest BCUT2D eigenvalue weighted by Crippen LogP contribution is -2.36. The number of amides is 2. The summed E-state index contributed by atoms with van der Waals surface area (Å²) in [7, 11) is -1.52. The zero-order valence-corrected chi connectivity index (χ0v) is 18.5. The van der Waals surface area contributed by atoms with Crippen LogP contribution in [0.1, 0.15) is 45.5 Å². The van der Waals surface area contributed by atoms with Gasteiger partial charge in [-0.2, -0.15) is 0 Å². The maximum atomic E-state index is 13.6. The van der Waals surface area contributed by atoms with E-state index in [-0.39, 0.29) is 11.8 Å². The maximum Gasteiger partial charge on any atom is 0.259 e. The number of carbonyl (C=O) groups excluding carboxylic acids is 2. The van der Waals surface area contributed by atoms with Gasteiger partial charge in [0.1, 0.15) is 0 Å². The van der Waals surface area contributed by atoms with Gasteiger partial charge in [0.2, 0.25) is 0 Å². The monoisotopic (exact) mass is 444 g/mol. The van der Waals surface area contributed by atoms with E-state index in [1.54, 1.807) is 47.4 Å². The van der Waals surface area contributed by atoms with Crippen LogP contribution in [0.25, 0.3) is 0 Å². The van der Waals surface area contributed by atoms with E-state index in [0.717, 1.165) is 37.9 Å². The number of likely N-dealkylation sites (tertiary alicyclic amines) is 1. The highest BCUT2D eigenvalue weighted by atomic mass is 32.2. The summed E-state index contributed by atoms with van der Waals surface area (Å²) in [5.41, 5.74) is 2.46. The largest absolute Gasteiger partial charge is 0.339 e. The summed E-state index contributed by atoms with van der Waals surface area (Å²) >= 11 is 0. The molecule has 0 saturated carbocycles. The Morgan fingerprint density at radius 3 is 2.34 bits per heavy atom.